The molecule has 0 spiro atoms. The van der Waals surface area contributed by atoms with Crippen molar-refractivity contribution < 1.29 is 0 Å². The van der Waals surface area contributed by atoms with Crippen LogP contribution in [0.5, 0.6) is 0 Å². The lowest BCUT2D eigenvalue weighted by molar-refractivity contribution is 0.342. The number of halogens is 1. The van der Waals surface area contributed by atoms with Crippen LogP contribution in [0.4, 0.5) is 0 Å². The van der Waals surface area contributed by atoms with Crippen molar-refractivity contribution in [2.24, 2.45) is 10.9 Å². The number of nitrogens with zero attached hydrogens (tertiary/aromatic N) is 2. The zero-order chi connectivity index (χ0) is 16.7. The van der Waals surface area contributed by atoms with Gasteiger partial charge in [-0.25, -0.2) is 0 Å². The Labute approximate surface area is 164 Å². The van der Waals surface area contributed by atoms with Crippen LogP contribution in [0.3, 0.4) is 0 Å². The number of benzene rings is 1. The number of rotatable bonds is 6. The van der Waals surface area contributed by atoms with E-state index in [1.54, 1.807) is 0 Å². The Morgan fingerprint density at radius 2 is 2.00 bits per heavy atom. The van der Waals surface area contributed by atoms with Gasteiger partial charge in [0.05, 0.1) is 0 Å². The highest BCUT2D eigenvalue weighted by Crippen LogP contribution is 2.15. The molecule has 0 bridgehead atoms. The van der Waals surface area contributed by atoms with Crippen LogP contribution in [0.1, 0.15) is 37.3 Å². The van der Waals surface area contributed by atoms with Gasteiger partial charge in [-0.2, -0.15) is 0 Å². The third-order valence-electron chi connectivity index (χ3n) is 4.82. The fourth-order valence-electron chi connectivity index (χ4n) is 3.09. The molecule has 2 unspecified atom stereocenters. The number of likely N-dealkylation sites (tertiary alicyclic amines) is 1. The van der Waals surface area contributed by atoms with Crippen molar-refractivity contribution in [3.05, 3.63) is 35.4 Å². The minimum Gasteiger partial charge on any atom is -0.356 e. The Morgan fingerprint density at radius 1 is 1.29 bits per heavy atom. The molecule has 1 aromatic rings. The average molecular weight is 444 g/mol. The molecule has 2 rings (SSSR count). The van der Waals surface area contributed by atoms with E-state index >= 15 is 0 Å². The van der Waals surface area contributed by atoms with E-state index in [-0.39, 0.29) is 24.0 Å². The summed E-state index contributed by atoms with van der Waals surface area (Å²) >= 11 is 0. The molecule has 0 radical (unpaired) electrons. The molecule has 1 fully saturated rings. The molecule has 24 heavy (non-hydrogen) atoms. The van der Waals surface area contributed by atoms with Gasteiger partial charge in [0.2, 0.25) is 0 Å². The summed E-state index contributed by atoms with van der Waals surface area (Å²) in [5.41, 5.74) is 2.68. The van der Waals surface area contributed by atoms with E-state index in [2.05, 4.69) is 65.6 Å². The van der Waals surface area contributed by atoms with Crippen LogP contribution < -0.4 is 10.6 Å². The third kappa shape index (κ3) is 6.59. The SMILES string of the molecule is CCN1CCC(CNC(=NC)NCC(C)c2ccc(C)cc2)C1.I. The van der Waals surface area contributed by atoms with E-state index in [4.69, 9.17) is 0 Å². The van der Waals surface area contributed by atoms with Gasteiger partial charge in [-0.15, -0.1) is 24.0 Å². The smallest absolute Gasteiger partial charge is 0.191 e. The first-order chi connectivity index (χ1) is 11.1. The lowest BCUT2D eigenvalue weighted by atomic mass is 10.0. The van der Waals surface area contributed by atoms with Gasteiger partial charge >= 0.3 is 0 Å². The van der Waals surface area contributed by atoms with Gasteiger partial charge in [-0.3, -0.25) is 4.99 Å². The fourth-order valence-corrected chi connectivity index (χ4v) is 3.09. The minimum absolute atomic E-state index is 0. The van der Waals surface area contributed by atoms with Crippen molar-refractivity contribution in [1.29, 1.82) is 0 Å². The van der Waals surface area contributed by atoms with Crippen molar-refractivity contribution in [1.82, 2.24) is 15.5 Å². The van der Waals surface area contributed by atoms with Gasteiger partial charge in [0.25, 0.3) is 0 Å². The molecule has 1 aliphatic heterocycles. The first-order valence-corrected chi connectivity index (χ1v) is 8.85. The van der Waals surface area contributed by atoms with Crippen LogP contribution in [-0.2, 0) is 0 Å². The molecule has 0 aliphatic carbocycles. The van der Waals surface area contributed by atoms with E-state index < -0.39 is 0 Å². The molecule has 1 saturated heterocycles. The van der Waals surface area contributed by atoms with Crippen LogP contribution in [-0.4, -0.2) is 50.6 Å². The largest absolute Gasteiger partial charge is 0.356 e. The Morgan fingerprint density at radius 3 is 2.58 bits per heavy atom. The summed E-state index contributed by atoms with van der Waals surface area (Å²) < 4.78 is 0. The summed E-state index contributed by atoms with van der Waals surface area (Å²) in [5, 5.41) is 6.94. The van der Waals surface area contributed by atoms with Crippen molar-refractivity contribution in [2.45, 2.75) is 33.1 Å². The summed E-state index contributed by atoms with van der Waals surface area (Å²) in [6.07, 6.45) is 1.29. The fraction of sp³-hybridized carbons (Fsp3) is 0.632. The standard InChI is InChI=1S/C19H32N4.HI/c1-5-23-11-10-17(14-23)13-22-19(20-4)21-12-16(3)18-8-6-15(2)7-9-18;/h6-9,16-17H,5,10-14H2,1-4H3,(H2,20,21,22);1H. The lowest BCUT2D eigenvalue weighted by Gasteiger charge is -2.18. The lowest BCUT2D eigenvalue weighted by Crippen LogP contribution is -2.41. The molecule has 2 atom stereocenters. The highest BCUT2D eigenvalue weighted by molar-refractivity contribution is 14.0. The molecule has 0 saturated carbocycles. The summed E-state index contributed by atoms with van der Waals surface area (Å²) in [4.78, 5) is 6.86. The summed E-state index contributed by atoms with van der Waals surface area (Å²) in [7, 11) is 1.85. The van der Waals surface area contributed by atoms with Gasteiger partial charge in [-0.1, -0.05) is 43.7 Å². The molecule has 5 heteroatoms. The summed E-state index contributed by atoms with van der Waals surface area (Å²) in [5.74, 6) is 2.12. The van der Waals surface area contributed by atoms with Crippen molar-refractivity contribution >= 4 is 29.9 Å². The number of hydrogen-bond acceptors (Lipinski definition) is 2. The maximum Gasteiger partial charge on any atom is 0.191 e. The molecule has 4 nitrogen and oxygen atoms in total. The van der Waals surface area contributed by atoms with Gasteiger partial charge in [0, 0.05) is 26.7 Å². The van der Waals surface area contributed by atoms with Crippen LogP contribution in [0, 0.1) is 12.8 Å². The molecule has 2 N–H and O–H groups in total. The predicted molar refractivity (Wildman–Crippen MR) is 115 cm³/mol. The zero-order valence-electron chi connectivity index (χ0n) is 15.5. The topological polar surface area (TPSA) is 39.7 Å². The minimum atomic E-state index is 0. The van der Waals surface area contributed by atoms with Gasteiger partial charge in [0.15, 0.2) is 5.96 Å². The highest BCUT2D eigenvalue weighted by atomic mass is 127. The number of nitrogens with one attached hydrogen (secondary N) is 2. The van der Waals surface area contributed by atoms with E-state index in [0.29, 0.717) is 5.92 Å². The maximum atomic E-state index is 4.35. The second kappa shape index (κ2) is 10.9. The Bertz CT molecular complexity index is 501. The van der Waals surface area contributed by atoms with Crippen LogP contribution in [0.25, 0.3) is 0 Å². The van der Waals surface area contributed by atoms with Gasteiger partial charge in [0.1, 0.15) is 0 Å². The van der Waals surface area contributed by atoms with E-state index in [0.717, 1.165) is 31.5 Å². The van der Waals surface area contributed by atoms with Gasteiger partial charge in [-0.05, 0) is 43.8 Å². The number of aliphatic imine (C=N–C) groups is 1. The van der Waals surface area contributed by atoms with Crippen LogP contribution >= 0.6 is 24.0 Å². The van der Waals surface area contributed by atoms with Crippen LogP contribution in [0.2, 0.25) is 0 Å². The average Bonchev–Trinajstić information content (AvgIpc) is 3.03. The van der Waals surface area contributed by atoms with E-state index in [1.165, 1.54) is 30.6 Å². The number of aryl methyl sites for hydroxylation is 1. The first-order valence-electron chi connectivity index (χ1n) is 8.85. The highest BCUT2D eigenvalue weighted by Gasteiger charge is 2.21. The quantitative estimate of drug-likeness (QED) is 0.402. The molecule has 1 aliphatic rings. The Balaban J connectivity index is 0.00000288. The predicted octanol–water partition coefficient (Wildman–Crippen LogP) is 3.22. The Kier molecular flexibility index (Phi) is 9.66. The number of guanidine groups is 1. The zero-order valence-corrected chi connectivity index (χ0v) is 17.8. The molecule has 0 aromatic heterocycles. The molecule has 1 heterocycles. The monoisotopic (exact) mass is 444 g/mol. The maximum absolute atomic E-state index is 4.35. The van der Waals surface area contributed by atoms with E-state index in [9.17, 15) is 0 Å². The Hall–Kier alpha value is -0.820. The molecule has 1 aromatic carbocycles. The van der Waals surface area contributed by atoms with Crippen molar-refractivity contribution in [3.63, 3.8) is 0 Å². The number of hydrogen-bond donors (Lipinski definition) is 2. The normalized spacial score (nSPS) is 19.7. The molecule has 0 amide bonds. The summed E-state index contributed by atoms with van der Waals surface area (Å²) in [6, 6.07) is 8.79. The molecular formula is C19H33IN4. The van der Waals surface area contributed by atoms with Crippen LogP contribution in [0.15, 0.2) is 29.3 Å². The van der Waals surface area contributed by atoms with Gasteiger partial charge < -0.3 is 15.5 Å². The molecular weight excluding hydrogens is 411 g/mol. The molecule has 136 valence electrons. The van der Waals surface area contributed by atoms with E-state index in [1.807, 2.05) is 7.05 Å². The second-order valence-electron chi connectivity index (χ2n) is 6.69. The second-order valence-corrected chi connectivity index (χ2v) is 6.69. The first kappa shape index (κ1) is 21.2. The third-order valence-corrected chi connectivity index (χ3v) is 4.82. The summed E-state index contributed by atoms with van der Waals surface area (Å²) in [6.45, 7) is 12.1. The van der Waals surface area contributed by atoms with Crippen molar-refractivity contribution in [3.8, 4) is 0 Å². The van der Waals surface area contributed by atoms with Crippen molar-refractivity contribution in [2.75, 3.05) is 39.8 Å².